The van der Waals surface area contributed by atoms with Crippen molar-refractivity contribution in [3.05, 3.63) is 59.4 Å². The van der Waals surface area contributed by atoms with E-state index in [1.807, 2.05) is 43.3 Å². The van der Waals surface area contributed by atoms with Crippen molar-refractivity contribution in [2.24, 2.45) is 0 Å². The van der Waals surface area contributed by atoms with E-state index in [0.717, 1.165) is 35.5 Å². The fourth-order valence-corrected chi connectivity index (χ4v) is 3.10. The predicted molar refractivity (Wildman–Crippen MR) is 105 cm³/mol. The zero-order valence-corrected chi connectivity index (χ0v) is 16.0. The molecule has 1 aromatic heterocycles. The normalized spacial score (nSPS) is 14.7. The molecule has 1 fully saturated rings. The highest BCUT2D eigenvalue weighted by Gasteiger charge is 2.30. The van der Waals surface area contributed by atoms with E-state index < -0.39 is 0 Å². The Labute approximate surface area is 163 Å². The van der Waals surface area contributed by atoms with Crippen LogP contribution >= 0.6 is 0 Å². The first-order valence-electron chi connectivity index (χ1n) is 9.47. The average molecular weight is 377 g/mol. The van der Waals surface area contributed by atoms with E-state index in [9.17, 15) is 9.90 Å². The number of amides is 1. The van der Waals surface area contributed by atoms with Crippen molar-refractivity contribution < 1.29 is 9.90 Å². The van der Waals surface area contributed by atoms with Gasteiger partial charge >= 0.3 is 0 Å². The summed E-state index contributed by atoms with van der Waals surface area (Å²) >= 11 is 0. The van der Waals surface area contributed by atoms with E-state index in [1.165, 1.54) is 5.56 Å². The molecule has 3 aromatic rings. The zero-order valence-electron chi connectivity index (χ0n) is 16.0. The van der Waals surface area contributed by atoms with Crippen LogP contribution in [0.1, 0.15) is 47.4 Å². The number of rotatable bonds is 6. The van der Waals surface area contributed by atoms with Gasteiger partial charge in [0.2, 0.25) is 0 Å². The number of tetrazole rings is 1. The average Bonchev–Trinajstić information content (AvgIpc) is 3.44. The fraction of sp³-hybridized carbons (Fsp3) is 0.333. The summed E-state index contributed by atoms with van der Waals surface area (Å²) in [6.45, 7) is 3.68. The second kappa shape index (κ2) is 7.52. The molecule has 1 heterocycles. The standard InChI is InChI=1S/C21H23N5O2/c1-13-3-5-15(6-4-13)17-9-18(21(28)22-14(2)12-27)11-19(10-17)26-20(16-7-8-16)23-24-25-26/h3-6,9-11,14,16,27H,7-8,12H2,1-2H3,(H,22,28)/t14-/m0/s1. The predicted octanol–water partition coefficient (Wildman–Crippen LogP) is 2.63. The van der Waals surface area contributed by atoms with Crippen LogP contribution in [0.4, 0.5) is 0 Å². The minimum absolute atomic E-state index is 0.116. The molecule has 7 heteroatoms. The van der Waals surface area contributed by atoms with Gasteiger partial charge in [0, 0.05) is 17.5 Å². The highest BCUT2D eigenvalue weighted by Crippen LogP contribution is 2.39. The van der Waals surface area contributed by atoms with Crippen LogP contribution in [-0.4, -0.2) is 43.9 Å². The van der Waals surface area contributed by atoms with E-state index in [0.29, 0.717) is 11.5 Å². The van der Waals surface area contributed by atoms with E-state index in [2.05, 4.69) is 20.8 Å². The number of nitrogens with one attached hydrogen (secondary N) is 1. The molecule has 0 saturated heterocycles. The van der Waals surface area contributed by atoms with Gasteiger partial charge in [-0.2, -0.15) is 4.68 Å². The number of aryl methyl sites for hydroxylation is 1. The molecule has 0 bridgehead atoms. The molecule has 2 N–H and O–H groups in total. The number of aliphatic hydroxyl groups excluding tert-OH is 1. The van der Waals surface area contributed by atoms with Gasteiger partial charge < -0.3 is 10.4 Å². The second-order valence-electron chi connectivity index (χ2n) is 7.41. The van der Waals surface area contributed by atoms with Gasteiger partial charge in [-0.15, -0.1) is 5.10 Å². The summed E-state index contributed by atoms with van der Waals surface area (Å²) in [5.41, 5.74) is 4.36. The Hall–Kier alpha value is -3.06. The van der Waals surface area contributed by atoms with Crippen LogP contribution in [0.25, 0.3) is 16.8 Å². The highest BCUT2D eigenvalue weighted by atomic mass is 16.3. The van der Waals surface area contributed by atoms with Crippen molar-refractivity contribution in [3.63, 3.8) is 0 Å². The lowest BCUT2D eigenvalue weighted by Gasteiger charge is -2.14. The van der Waals surface area contributed by atoms with E-state index in [-0.39, 0.29) is 18.6 Å². The molecule has 0 spiro atoms. The molecule has 1 aliphatic rings. The van der Waals surface area contributed by atoms with Gasteiger partial charge in [-0.1, -0.05) is 29.8 Å². The van der Waals surface area contributed by atoms with Gasteiger partial charge in [0.15, 0.2) is 5.82 Å². The third-order valence-electron chi connectivity index (χ3n) is 4.90. The molecule has 1 atom stereocenters. The fourth-order valence-electron chi connectivity index (χ4n) is 3.10. The minimum atomic E-state index is -0.325. The van der Waals surface area contributed by atoms with Crippen LogP contribution in [0.5, 0.6) is 0 Å². The summed E-state index contributed by atoms with van der Waals surface area (Å²) in [6.07, 6.45) is 2.17. The van der Waals surface area contributed by atoms with E-state index in [4.69, 9.17) is 0 Å². The van der Waals surface area contributed by atoms with Crippen LogP contribution in [0.15, 0.2) is 42.5 Å². The lowest BCUT2D eigenvalue weighted by molar-refractivity contribution is 0.0922. The Bertz CT molecular complexity index is 992. The summed E-state index contributed by atoms with van der Waals surface area (Å²) in [5, 5.41) is 24.2. The summed E-state index contributed by atoms with van der Waals surface area (Å²) < 4.78 is 1.72. The minimum Gasteiger partial charge on any atom is -0.394 e. The molecular formula is C21H23N5O2. The Morgan fingerprint density at radius 2 is 1.96 bits per heavy atom. The van der Waals surface area contributed by atoms with Crippen molar-refractivity contribution >= 4 is 5.91 Å². The van der Waals surface area contributed by atoms with Crippen molar-refractivity contribution in [3.8, 4) is 16.8 Å². The Morgan fingerprint density at radius 1 is 1.21 bits per heavy atom. The molecule has 144 valence electrons. The van der Waals surface area contributed by atoms with Crippen molar-refractivity contribution in [2.45, 2.75) is 38.6 Å². The van der Waals surface area contributed by atoms with E-state index >= 15 is 0 Å². The van der Waals surface area contributed by atoms with Gasteiger partial charge in [0.05, 0.1) is 12.3 Å². The van der Waals surface area contributed by atoms with Crippen LogP contribution in [-0.2, 0) is 0 Å². The number of aliphatic hydroxyl groups is 1. The Balaban J connectivity index is 1.79. The molecule has 1 amide bonds. The number of benzene rings is 2. The number of hydrogen-bond acceptors (Lipinski definition) is 5. The number of carbonyl (C=O) groups is 1. The summed E-state index contributed by atoms with van der Waals surface area (Å²) in [6, 6.07) is 13.5. The quantitative estimate of drug-likeness (QED) is 0.689. The summed E-state index contributed by atoms with van der Waals surface area (Å²) in [5.74, 6) is 0.971. The van der Waals surface area contributed by atoms with Crippen molar-refractivity contribution in [1.29, 1.82) is 0 Å². The number of carbonyl (C=O) groups excluding carboxylic acids is 1. The van der Waals surface area contributed by atoms with Gasteiger partial charge in [-0.3, -0.25) is 4.79 Å². The topological polar surface area (TPSA) is 92.9 Å². The highest BCUT2D eigenvalue weighted by molar-refractivity contribution is 5.96. The molecule has 1 aliphatic carbocycles. The van der Waals surface area contributed by atoms with Crippen molar-refractivity contribution in [2.75, 3.05) is 6.61 Å². The molecular weight excluding hydrogens is 354 g/mol. The maximum Gasteiger partial charge on any atom is 0.251 e. The number of hydrogen-bond donors (Lipinski definition) is 2. The molecule has 0 aliphatic heterocycles. The van der Waals surface area contributed by atoms with Gasteiger partial charge in [0.1, 0.15) is 0 Å². The van der Waals surface area contributed by atoms with Crippen LogP contribution in [0.2, 0.25) is 0 Å². The van der Waals surface area contributed by atoms with Crippen LogP contribution in [0, 0.1) is 6.92 Å². The molecule has 4 rings (SSSR count). The first-order chi connectivity index (χ1) is 13.5. The zero-order chi connectivity index (χ0) is 19.7. The first-order valence-corrected chi connectivity index (χ1v) is 9.47. The van der Waals surface area contributed by atoms with Gasteiger partial charge in [-0.05, 0) is 66.4 Å². The third kappa shape index (κ3) is 3.80. The summed E-state index contributed by atoms with van der Waals surface area (Å²) in [7, 11) is 0. The largest absolute Gasteiger partial charge is 0.394 e. The third-order valence-corrected chi connectivity index (χ3v) is 4.90. The number of nitrogens with zero attached hydrogens (tertiary/aromatic N) is 4. The lowest BCUT2D eigenvalue weighted by atomic mass is 10.0. The number of aromatic nitrogens is 4. The maximum atomic E-state index is 12.7. The van der Waals surface area contributed by atoms with E-state index in [1.54, 1.807) is 17.7 Å². The first kappa shape index (κ1) is 18.3. The van der Waals surface area contributed by atoms with Gasteiger partial charge in [0.25, 0.3) is 5.91 Å². The molecule has 2 aromatic carbocycles. The monoisotopic (exact) mass is 377 g/mol. The summed E-state index contributed by atoms with van der Waals surface area (Å²) in [4.78, 5) is 12.7. The molecule has 1 saturated carbocycles. The molecule has 0 unspecified atom stereocenters. The molecule has 7 nitrogen and oxygen atoms in total. The maximum absolute atomic E-state index is 12.7. The van der Waals surface area contributed by atoms with Gasteiger partial charge in [-0.25, -0.2) is 0 Å². The van der Waals surface area contributed by atoms with Crippen LogP contribution < -0.4 is 5.32 Å². The smallest absolute Gasteiger partial charge is 0.251 e. The molecule has 28 heavy (non-hydrogen) atoms. The van der Waals surface area contributed by atoms with Crippen LogP contribution in [0.3, 0.4) is 0 Å². The Kier molecular flexibility index (Phi) is 4.92. The Morgan fingerprint density at radius 3 is 2.64 bits per heavy atom. The second-order valence-corrected chi connectivity index (χ2v) is 7.41. The van der Waals surface area contributed by atoms with Crippen molar-refractivity contribution in [1.82, 2.24) is 25.5 Å². The molecule has 0 radical (unpaired) electrons. The SMILES string of the molecule is Cc1ccc(-c2cc(C(=O)N[C@@H](C)CO)cc(-n3nnnc3C3CC3)c2)cc1. The lowest BCUT2D eigenvalue weighted by Crippen LogP contribution is -2.35.